The van der Waals surface area contributed by atoms with E-state index in [0.29, 0.717) is 12.5 Å². The van der Waals surface area contributed by atoms with Gasteiger partial charge in [-0.1, -0.05) is 0 Å². The quantitative estimate of drug-likeness (QED) is 0.751. The molecule has 0 radical (unpaired) electrons. The molecule has 16 heavy (non-hydrogen) atoms. The first-order valence-corrected chi connectivity index (χ1v) is 5.61. The molecule has 1 fully saturated rings. The molecule has 1 rings (SSSR count). The van der Waals surface area contributed by atoms with Crippen LogP contribution in [0.5, 0.6) is 0 Å². The minimum atomic E-state index is -0.452. The SMILES string of the molecule is COC[C@@H]1CNCC1NC(=O)OC(C)(C)C. The predicted octanol–water partition coefficient (Wildman–Crippen LogP) is 0.745. The second kappa shape index (κ2) is 5.50. The van der Waals surface area contributed by atoms with Crippen molar-refractivity contribution in [2.24, 2.45) is 5.92 Å². The van der Waals surface area contributed by atoms with E-state index in [9.17, 15) is 4.79 Å². The summed E-state index contributed by atoms with van der Waals surface area (Å²) in [6.45, 7) is 7.85. The Balaban J connectivity index is 2.38. The van der Waals surface area contributed by atoms with Gasteiger partial charge in [-0.3, -0.25) is 0 Å². The Morgan fingerprint density at radius 3 is 2.69 bits per heavy atom. The summed E-state index contributed by atoms with van der Waals surface area (Å²) in [5.41, 5.74) is -0.452. The smallest absolute Gasteiger partial charge is 0.407 e. The highest BCUT2D eigenvalue weighted by Crippen LogP contribution is 2.11. The largest absolute Gasteiger partial charge is 0.444 e. The van der Waals surface area contributed by atoms with Crippen LogP contribution in [0.4, 0.5) is 4.79 Å². The van der Waals surface area contributed by atoms with Gasteiger partial charge in [0.15, 0.2) is 0 Å². The Hall–Kier alpha value is -0.810. The van der Waals surface area contributed by atoms with E-state index in [1.807, 2.05) is 20.8 Å². The lowest BCUT2D eigenvalue weighted by Gasteiger charge is -2.23. The maximum absolute atomic E-state index is 11.6. The highest BCUT2D eigenvalue weighted by molar-refractivity contribution is 5.68. The van der Waals surface area contributed by atoms with E-state index in [2.05, 4.69) is 10.6 Å². The summed E-state index contributed by atoms with van der Waals surface area (Å²) >= 11 is 0. The minimum absolute atomic E-state index is 0.0924. The lowest BCUT2D eigenvalue weighted by Crippen LogP contribution is -2.44. The lowest BCUT2D eigenvalue weighted by molar-refractivity contribution is 0.0480. The number of nitrogens with one attached hydrogen (secondary N) is 2. The van der Waals surface area contributed by atoms with Gasteiger partial charge in [0.2, 0.25) is 0 Å². The Bertz CT molecular complexity index is 238. The molecule has 2 N–H and O–H groups in total. The maximum Gasteiger partial charge on any atom is 0.407 e. The molecule has 0 spiro atoms. The normalized spacial score (nSPS) is 25.5. The third-order valence-electron chi connectivity index (χ3n) is 2.42. The summed E-state index contributed by atoms with van der Waals surface area (Å²) in [6.07, 6.45) is -0.359. The number of hydrogen-bond donors (Lipinski definition) is 2. The van der Waals surface area contributed by atoms with Crippen molar-refractivity contribution in [1.82, 2.24) is 10.6 Å². The van der Waals surface area contributed by atoms with E-state index >= 15 is 0 Å². The number of rotatable bonds is 3. The summed E-state index contributed by atoms with van der Waals surface area (Å²) in [5.74, 6) is 0.317. The Morgan fingerprint density at radius 1 is 1.44 bits per heavy atom. The Morgan fingerprint density at radius 2 is 2.12 bits per heavy atom. The van der Waals surface area contributed by atoms with Crippen LogP contribution in [0.1, 0.15) is 20.8 Å². The molecule has 5 heteroatoms. The van der Waals surface area contributed by atoms with Crippen LogP contribution < -0.4 is 10.6 Å². The van der Waals surface area contributed by atoms with Crippen LogP contribution in [0.2, 0.25) is 0 Å². The standard InChI is InChI=1S/C11H22N2O3/c1-11(2,3)16-10(14)13-9-6-12-5-8(9)7-15-4/h8-9,12H,5-7H2,1-4H3,(H,13,14)/t8-,9?/m0/s1. The fraction of sp³-hybridized carbons (Fsp3) is 0.909. The zero-order valence-corrected chi connectivity index (χ0v) is 10.5. The summed E-state index contributed by atoms with van der Waals surface area (Å²) in [5, 5.41) is 6.09. The number of alkyl carbamates (subject to hydrolysis) is 1. The van der Waals surface area contributed by atoms with Crippen molar-refractivity contribution in [3.63, 3.8) is 0 Å². The van der Waals surface area contributed by atoms with E-state index in [0.717, 1.165) is 13.1 Å². The van der Waals surface area contributed by atoms with Gasteiger partial charge >= 0.3 is 6.09 Å². The third-order valence-corrected chi connectivity index (χ3v) is 2.42. The number of hydrogen-bond acceptors (Lipinski definition) is 4. The lowest BCUT2D eigenvalue weighted by atomic mass is 10.1. The van der Waals surface area contributed by atoms with Crippen molar-refractivity contribution < 1.29 is 14.3 Å². The zero-order chi connectivity index (χ0) is 12.2. The molecular weight excluding hydrogens is 208 g/mol. The van der Waals surface area contributed by atoms with Crippen LogP contribution >= 0.6 is 0 Å². The first-order chi connectivity index (χ1) is 7.42. The molecule has 0 aliphatic carbocycles. The molecule has 1 aliphatic rings. The van der Waals surface area contributed by atoms with Gasteiger partial charge in [0, 0.05) is 26.1 Å². The highest BCUT2D eigenvalue weighted by Gasteiger charge is 2.29. The van der Waals surface area contributed by atoms with Crippen molar-refractivity contribution in [3.8, 4) is 0 Å². The molecule has 1 heterocycles. The molecule has 94 valence electrons. The summed E-state index contributed by atoms with van der Waals surface area (Å²) in [6, 6.07) is 0.0924. The molecule has 5 nitrogen and oxygen atoms in total. The van der Waals surface area contributed by atoms with Gasteiger partial charge in [-0.2, -0.15) is 0 Å². The minimum Gasteiger partial charge on any atom is -0.444 e. The van der Waals surface area contributed by atoms with Gasteiger partial charge in [0.1, 0.15) is 5.60 Å². The molecule has 1 aliphatic heterocycles. The average molecular weight is 230 g/mol. The van der Waals surface area contributed by atoms with Crippen molar-refractivity contribution in [2.75, 3.05) is 26.8 Å². The summed E-state index contributed by atoms with van der Waals surface area (Å²) in [7, 11) is 1.67. The van der Waals surface area contributed by atoms with Gasteiger partial charge in [0.25, 0.3) is 0 Å². The molecular formula is C11H22N2O3. The molecule has 1 amide bonds. The molecule has 0 saturated carbocycles. The van der Waals surface area contributed by atoms with Gasteiger partial charge in [-0.15, -0.1) is 0 Å². The fourth-order valence-corrected chi connectivity index (χ4v) is 1.75. The number of ether oxygens (including phenoxy) is 2. The topological polar surface area (TPSA) is 59.6 Å². The number of carbonyl (C=O) groups is 1. The first kappa shape index (κ1) is 13.3. The van der Waals surface area contributed by atoms with Gasteiger partial charge < -0.3 is 20.1 Å². The van der Waals surface area contributed by atoms with Gasteiger partial charge in [0.05, 0.1) is 12.6 Å². The molecule has 0 aromatic rings. The maximum atomic E-state index is 11.6. The van der Waals surface area contributed by atoms with Crippen LogP contribution in [0.25, 0.3) is 0 Å². The zero-order valence-electron chi connectivity index (χ0n) is 10.5. The molecule has 0 aromatic heterocycles. The van der Waals surface area contributed by atoms with E-state index < -0.39 is 5.60 Å². The number of carbonyl (C=O) groups excluding carboxylic acids is 1. The van der Waals surface area contributed by atoms with Gasteiger partial charge in [-0.25, -0.2) is 4.79 Å². The van der Waals surface area contributed by atoms with Crippen molar-refractivity contribution in [3.05, 3.63) is 0 Å². The van der Waals surface area contributed by atoms with E-state index in [1.165, 1.54) is 0 Å². The van der Waals surface area contributed by atoms with E-state index in [4.69, 9.17) is 9.47 Å². The molecule has 1 saturated heterocycles. The second-order valence-electron chi connectivity index (χ2n) is 5.13. The van der Waals surface area contributed by atoms with Crippen LogP contribution in [-0.2, 0) is 9.47 Å². The Kier molecular flexibility index (Phi) is 4.56. The molecule has 1 unspecified atom stereocenters. The molecule has 0 bridgehead atoms. The number of amides is 1. The van der Waals surface area contributed by atoms with Crippen LogP contribution in [-0.4, -0.2) is 44.5 Å². The second-order valence-corrected chi connectivity index (χ2v) is 5.13. The highest BCUT2D eigenvalue weighted by atomic mass is 16.6. The van der Waals surface area contributed by atoms with Crippen LogP contribution in [0.3, 0.4) is 0 Å². The van der Waals surface area contributed by atoms with Crippen LogP contribution in [0, 0.1) is 5.92 Å². The monoisotopic (exact) mass is 230 g/mol. The van der Waals surface area contributed by atoms with Gasteiger partial charge in [-0.05, 0) is 20.8 Å². The van der Waals surface area contributed by atoms with E-state index in [1.54, 1.807) is 7.11 Å². The fourth-order valence-electron chi connectivity index (χ4n) is 1.75. The molecule has 0 aromatic carbocycles. The Labute approximate surface area is 96.9 Å². The van der Waals surface area contributed by atoms with Crippen molar-refractivity contribution >= 4 is 6.09 Å². The van der Waals surface area contributed by atoms with Crippen LogP contribution in [0.15, 0.2) is 0 Å². The molecule has 2 atom stereocenters. The summed E-state index contributed by atoms with van der Waals surface area (Å²) < 4.78 is 10.3. The predicted molar refractivity (Wildman–Crippen MR) is 61.4 cm³/mol. The number of methoxy groups -OCH3 is 1. The third kappa shape index (κ3) is 4.37. The summed E-state index contributed by atoms with van der Waals surface area (Å²) in [4.78, 5) is 11.6. The van der Waals surface area contributed by atoms with Crippen molar-refractivity contribution in [1.29, 1.82) is 0 Å². The first-order valence-electron chi connectivity index (χ1n) is 5.61. The van der Waals surface area contributed by atoms with E-state index in [-0.39, 0.29) is 12.1 Å². The van der Waals surface area contributed by atoms with Crippen molar-refractivity contribution in [2.45, 2.75) is 32.4 Å². The average Bonchev–Trinajstić information content (AvgIpc) is 2.50.